The predicted octanol–water partition coefficient (Wildman–Crippen LogP) is 5.27. The molecule has 4 aromatic rings. The van der Waals surface area contributed by atoms with Crippen LogP contribution in [0.5, 0.6) is 11.5 Å². The van der Waals surface area contributed by atoms with Crippen molar-refractivity contribution in [3.63, 3.8) is 0 Å². The van der Waals surface area contributed by atoms with Crippen molar-refractivity contribution in [2.45, 2.75) is 12.8 Å². The molecule has 2 aromatic carbocycles. The van der Waals surface area contributed by atoms with Gasteiger partial charge < -0.3 is 23.9 Å². The molecule has 1 N–H and O–H groups in total. The number of rotatable bonds is 10. The van der Waals surface area contributed by atoms with Crippen LogP contribution in [0.25, 0.3) is 10.9 Å². The van der Waals surface area contributed by atoms with E-state index >= 15 is 0 Å². The molecular weight excluding hydrogens is 442 g/mol. The highest BCUT2D eigenvalue weighted by Gasteiger charge is 2.13. The number of fused-ring (bicyclic) bond motifs is 1. The molecule has 7 nitrogen and oxygen atoms in total. The molecular formula is C28H31N3O4. The quantitative estimate of drug-likeness (QED) is 0.315. The molecule has 0 spiro atoms. The maximum absolute atomic E-state index is 6.09. The van der Waals surface area contributed by atoms with E-state index in [2.05, 4.69) is 39.5 Å². The summed E-state index contributed by atoms with van der Waals surface area (Å²) < 4.78 is 22.6. The summed E-state index contributed by atoms with van der Waals surface area (Å²) in [5.74, 6) is 2.37. The Morgan fingerprint density at radius 3 is 2.66 bits per heavy atom. The minimum Gasteiger partial charge on any atom is -0.493 e. The van der Waals surface area contributed by atoms with Gasteiger partial charge in [-0.25, -0.2) is 0 Å². The third kappa shape index (κ3) is 5.93. The second-order valence-corrected chi connectivity index (χ2v) is 8.61. The average Bonchev–Trinajstić information content (AvgIpc) is 3.41. The molecule has 5 rings (SSSR count). The number of pyridine rings is 1. The number of nitrogens with zero attached hydrogens (tertiary/aromatic N) is 2. The van der Waals surface area contributed by atoms with E-state index in [1.165, 1.54) is 5.56 Å². The van der Waals surface area contributed by atoms with Gasteiger partial charge in [0, 0.05) is 55.1 Å². The molecule has 2 aromatic heterocycles. The van der Waals surface area contributed by atoms with Gasteiger partial charge in [-0.3, -0.25) is 9.88 Å². The van der Waals surface area contributed by atoms with Crippen LogP contribution in [-0.4, -0.2) is 56.4 Å². The largest absolute Gasteiger partial charge is 0.493 e. The van der Waals surface area contributed by atoms with Crippen molar-refractivity contribution >= 4 is 22.3 Å². The van der Waals surface area contributed by atoms with Crippen LogP contribution in [-0.2, 0) is 11.2 Å². The Hall–Kier alpha value is -3.55. The molecule has 7 heteroatoms. The zero-order chi connectivity index (χ0) is 23.9. The summed E-state index contributed by atoms with van der Waals surface area (Å²) in [5.41, 5.74) is 4.02. The number of ether oxygens (including phenoxy) is 3. The second-order valence-electron chi connectivity index (χ2n) is 8.61. The highest BCUT2D eigenvalue weighted by atomic mass is 16.5. The van der Waals surface area contributed by atoms with Crippen molar-refractivity contribution in [1.82, 2.24) is 9.88 Å². The molecule has 0 unspecified atom stereocenters. The zero-order valence-corrected chi connectivity index (χ0v) is 20.0. The average molecular weight is 474 g/mol. The first kappa shape index (κ1) is 23.2. The van der Waals surface area contributed by atoms with Crippen LogP contribution in [0.3, 0.4) is 0 Å². The molecule has 0 atom stereocenters. The van der Waals surface area contributed by atoms with Crippen molar-refractivity contribution in [3.8, 4) is 11.5 Å². The van der Waals surface area contributed by atoms with Crippen molar-refractivity contribution in [1.29, 1.82) is 0 Å². The number of anilines is 2. The fraction of sp³-hybridized carbons (Fsp3) is 0.321. The van der Waals surface area contributed by atoms with Crippen molar-refractivity contribution in [2.24, 2.45) is 0 Å². The summed E-state index contributed by atoms with van der Waals surface area (Å²) in [4.78, 5) is 6.98. The number of hydrogen-bond acceptors (Lipinski definition) is 7. The smallest absolute Gasteiger partial charge is 0.163 e. The molecule has 3 heterocycles. The van der Waals surface area contributed by atoms with E-state index in [4.69, 9.17) is 18.6 Å². The van der Waals surface area contributed by atoms with E-state index in [1.54, 1.807) is 13.4 Å². The lowest BCUT2D eigenvalue weighted by molar-refractivity contribution is 0.0357. The lowest BCUT2D eigenvalue weighted by atomic mass is 10.1. The number of nitrogens with one attached hydrogen (secondary N) is 1. The van der Waals surface area contributed by atoms with Crippen molar-refractivity contribution < 1.29 is 18.6 Å². The van der Waals surface area contributed by atoms with Gasteiger partial charge in [0.25, 0.3) is 0 Å². The van der Waals surface area contributed by atoms with Crippen LogP contribution in [0.15, 0.2) is 71.5 Å². The first-order valence-corrected chi connectivity index (χ1v) is 12.1. The molecule has 0 aliphatic carbocycles. The molecule has 1 saturated heterocycles. The third-order valence-corrected chi connectivity index (χ3v) is 6.20. The highest BCUT2D eigenvalue weighted by Crippen LogP contribution is 2.35. The van der Waals surface area contributed by atoms with Gasteiger partial charge in [0.2, 0.25) is 0 Å². The molecule has 0 saturated carbocycles. The Morgan fingerprint density at radius 2 is 1.89 bits per heavy atom. The van der Waals surface area contributed by atoms with Crippen LogP contribution < -0.4 is 14.8 Å². The SMILES string of the molecule is COc1cc2c(Nc3ccc(Cc4ccco4)cc3)ccnc2cc1OCCCN1CCOCC1. The Bertz CT molecular complexity index is 1220. The summed E-state index contributed by atoms with van der Waals surface area (Å²) in [6.07, 6.45) is 5.24. The lowest BCUT2D eigenvalue weighted by Crippen LogP contribution is -2.37. The second kappa shape index (κ2) is 11.3. The number of aromatic nitrogens is 1. The van der Waals surface area contributed by atoms with E-state index in [9.17, 15) is 0 Å². The monoisotopic (exact) mass is 473 g/mol. The number of methoxy groups -OCH3 is 1. The molecule has 0 amide bonds. The highest BCUT2D eigenvalue weighted by molar-refractivity contribution is 5.95. The minimum atomic E-state index is 0.627. The molecule has 182 valence electrons. The minimum absolute atomic E-state index is 0.627. The third-order valence-electron chi connectivity index (χ3n) is 6.20. The van der Waals surface area contributed by atoms with Crippen LogP contribution in [0.2, 0.25) is 0 Å². The van der Waals surface area contributed by atoms with Gasteiger partial charge in [-0.2, -0.15) is 0 Å². The van der Waals surface area contributed by atoms with Crippen LogP contribution in [0, 0.1) is 0 Å². The zero-order valence-electron chi connectivity index (χ0n) is 20.0. The summed E-state index contributed by atoms with van der Waals surface area (Å²) in [5, 5.41) is 4.49. The normalized spacial score (nSPS) is 14.2. The first-order valence-electron chi connectivity index (χ1n) is 12.1. The number of furan rings is 1. The molecule has 0 radical (unpaired) electrons. The maximum atomic E-state index is 6.09. The van der Waals surface area contributed by atoms with Crippen molar-refractivity contribution in [3.05, 3.63) is 78.4 Å². The fourth-order valence-corrected chi connectivity index (χ4v) is 4.31. The van der Waals surface area contributed by atoms with E-state index < -0.39 is 0 Å². The number of morpholine rings is 1. The van der Waals surface area contributed by atoms with Gasteiger partial charge in [-0.05, 0) is 48.4 Å². The van der Waals surface area contributed by atoms with Crippen LogP contribution in [0.1, 0.15) is 17.7 Å². The standard InChI is InChI=1S/C28H31N3O4/c1-32-27-19-24-25(30-22-7-5-21(6-8-22)18-23-4-2-14-34-23)9-10-29-26(24)20-28(27)35-15-3-11-31-12-16-33-17-13-31/h2,4-10,14,19-20H,3,11-13,15-18H2,1H3,(H,29,30). The molecule has 0 bridgehead atoms. The molecule has 1 fully saturated rings. The maximum Gasteiger partial charge on any atom is 0.163 e. The van der Waals surface area contributed by atoms with Gasteiger partial charge in [0.05, 0.1) is 38.7 Å². The van der Waals surface area contributed by atoms with E-state index in [0.717, 1.165) is 73.7 Å². The van der Waals surface area contributed by atoms with Crippen molar-refractivity contribution in [2.75, 3.05) is 51.9 Å². The van der Waals surface area contributed by atoms with Gasteiger partial charge in [0.1, 0.15) is 5.76 Å². The summed E-state index contributed by atoms with van der Waals surface area (Å²) in [6, 6.07) is 18.2. The number of benzene rings is 2. The van der Waals surface area contributed by atoms with Crippen LogP contribution >= 0.6 is 0 Å². The lowest BCUT2D eigenvalue weighted by Gasteiger charge is -2.26. The first-order chi connectivity index (χ1) is 17.3. The van der Waals surface area contributed by atoms with Crippen LogP contribution in [0.4, 0.5) is 11.4 Å². The van der Waals surface area contributed by atoms with E-state index in [0.29, 0.717) is 18.1 Å². The Balaban J connectivity index is 1.26. The van der Waals surface area contributed by atoms with Gasteiger partial charge in [0.15, 0.2) is 11.5 Å². The number of hydrogen-bond donors (Lipinski definition) is 1. The van der Waals surface area contributed by atoms with E-state index in [-0.39, 0.29) is 0 Å². The van der Waals surface area contributed by atoms with E-state index in [1.807, 2.05) is 36.5 Å². The topological polar surface area (TPSA) is 69.0 Å². The molecule has 1 aliphatic rings. The van der Waals surface area contributed by atoms with Gasteiger partial charge >= 0.3 is 0 Å². The summed E-state index contributed by atoms with van der Waals surface area (Å²) in [6.45, 7) is 5.25. The summed E-state index contributed by atoms with van der Waals surface area (Å²) in [7, 11) is 1.67. The molecule has 1 aliphatic heterocycles. The Morgan fingerprint density at radius 1 is 1.03 bits per heavy atom. The Kier molecular flexibility index (Phi) is 7.46. The fourth-order valence-electron chi connectivity index (χ4n) is 4.31. The predicted molar refractivity (Wildman–Crippen MR) is 137 cm³/mol. The van der Waals surface area contributed by atoms with Gasteiger partial charge in [-0.15, -0.1) is 0 Å². The molecule has 35 heavy (non-hydrogen) atoms. The Labute approximate surface area is 205 Å². The van der Waals surface area contributed by atoms with Gasteiger partial charge in [-0.1, -0.05) is 12.1 Å². The summed E-state index contributed by atoms with van der Waals surface area (Å²) >= 11 is 0.